The van der Waals surface area contributed by atoms with Crippen LogP contribution in [0.25, 0.3) is 0 Å². The molecule has 0 aliphatic rings. The van der Waals surface area contributed by atoms with Gasteiger partial charge in [0.15, 0.2) is 0 Å². The average Bonchev–Trinajstić information content (AvgIpc) is 2.82. The predicted octanol–water partition coefficient (Wildman–Crippen LogP) is 4.26. The lowest BCUT2D eigenvalue weighted by atomic mass is 10.1. The molecule has 33 heavy (non-hydrogen) atoms. The van der Waals surface area contributed by atoms with Crippen molar-refractivity contribution in [2.24, 2.45) is 0 Å². The Morgan fingerprint density at radius 3 is 2.33 bits per heavy atom. The second-order valence-electron chi connectivity index (χ2n) is 7.92. The van der Waals surface area contributed by atoms with Gasteiger partial charge in [-0.25, -0.2) is 8.42 Å². The number of amides is 1. The SMILES string of the molecule is COc1ccc(N(CC(=O)NCCCc2ccccc2)S(=O)(=O)c2cc(C)ccc2C)cc1. The number of nitrogens with one attached hydrogen (secondary N) is 1. The second kappa shape index (κ2) is 11.0. The minimum absolute atomic E-state index is 0.190. The van der Waals surface area contributed by atoms with Gasteiger partial charge in [-0.3, -0.25) is 9.10 Å². The molecule has 0 heterocycles. The van der Waals surface area contributed by atoms with Crippen LogP contribution in [0.15, 0.2) is 77.7 Å². The molecule has 0 atom stereocenters. The average molecular weight is 467 g/mol. The fourth-order valence-electron chi connectivity index (χ4n) is 3.52. The molecule has 3 rings (SSSR count). The Hall–Kier alpha value is -3.32. The van der Waals surface area contributed by atoms with Crippen LogP contribution < -0.4 is 14.4 Å². The highest BCUT2D eigenvalue weighted by Gasteiger charge is 2.28. The third kappa shape index (κ3) is 6.35. The first-order valence-corrected chi connectivity index (χ1v) is 12.3. The first kappa shape index (κ1) is 24.3. The smallest absolute Gasteiger partial charge is 0.265 e. The van der Waals surface area contributed by atoms with E-state index >= 15 is 0 Å². The molecule has 0 saturated carbocycles. The van der Waals surface area contributed by atoms with Crippen LogP contribution in [-0.4, -0.2) is 34.5 Å². The van der Waals surface area contributed by atoms with Gasteiger partial charge in [0.2, 0.25) is 5.91 Å². The maximum atomic E-state index is 13.6. The standard InChI is InChI=1S/C26H30N2O4S/c1-20-11-12-21(2)25(18-20)33(30,31)28(23-13-15-24(32-3)16-14-23)19-26(29)27-17-7-10-22-8-5-4-6-9-22/h4-6,8-9,11-16,18H,7,10,17,19H2,1-3H3,(H,27,29). The third-order valence-electron chi connectivity index (χ3n) is 5.37. The monoisotopic (exact) mass is 466 g/mol. The van der Waals surface area contributed by atoms with Crippen LogP contribution >= 0.6 is 0 Å². The van der Waals surface area contributed by atoms with E-state index in [0.717, 1.165) is 22.7 Å². The highest BCUT2D eigenvalue weighted by Crippen LogP contribution is 2.28. The summed E-state index contributed by atoms with van der Waals surface area (Å²) in [6.07, 6.45) is 1.60. The van der Waals surface area contributed by atoms with E-state index < -0.39 is 10.0 Å². The number of hydrogen-bond donors (Lipinski definition) is 1. The summed E-state index contributed by atoms with van der Waals surface area (Å²) in [6.45, 7) is 3.75. The van der Waals surface area contributed by atoms with Crippen LogP contribution in [-0.2, 0) is 21.2 Å². The molecule has 3 aromatic rings. The molecule has 7 heteroatoms. The molecular formula is C26H30N2O4S. The van der Waals surface area contributed by atoms with Crippen molar-refractivity contribution < 1.29 is 17.9 Å². The molecule has 6 nitrogen and oxygen atoms in total. The molecular weight excluding hydrogens is 436 g/mol. The molecule has 0 aliphatic carbocycles. The zero-order chi connectivity index (χ0) is 23.8. The molecule has 3 aromatic carbocycles. The number of aryl methyl sites for hydroxylation is 3. The van der Waals surface area contributed by atoms with Crippen molar-refractivity contribution in [3.63, 3.8) is 0 Å². The molecule has 0 fully saturated rings. The quantitative estimate of drug-likeness (QED) is 0.453. The summed E-state index contributed by atoms with van der Waals surface area (Å²) >= 11 is 0. The number of sulfonamides is 1. The van der Waals surface area contributed by atoms with Crippen molar-refractivity contribution in [1.29, 1.82) is 0 Å². The van der Waals surface area contributed by atoms with E-state index in [0.29, 0.717) is 23.5 Å². The van der Waals surface area contributed by atoms with Gasteiger partial charge in [0.05, 0.1) is 17.7 Å². The lowest BCUT2D eigenvalue weighted by Gasteiger charge is -2.25. The van der Waals surface area contributed by atoms with Crippen LogP contribution in [0, 0.1) is 13.8 Å². The number of ether oxygens (including phenoxy) is 1. The summed E-state index contributed by atoms with van der Waals surface area (Å²) in [5.41, 5.74) is 3.06. The number of anilines is 1. The molecule has 0 bridgehead atoms. The number of nitrogens with zero attached hydrogens (tertiary/aromatic N) is 1. The lowest BCUT2D eigenvalue weighted by Crippen LogP contribution is -2.41. The number of hydrogen-bond acceptors (Lipinski definition) is 4. The minimum Gasteiger partial charge on any atom is -0.497 e. The summed E-state index contributed by atoms with van der Waals surface area (Å²) in [6, 6.07) is 22.0. The van der Waals surface area contributed by atoms with Crippen molar-refractivity contribution in [2.75, 3.05) is 24.5 Å². The summed E-state index contributed by atoms with van der Waals surface area (Å²) in [5, 5.41) is 2.86. The van der Waals surface area contributed by atoms with Crippen molar-refractivity contribution >= 4 is 21.6 Å². The molecule has 0 unspecified atom stereocenters. The lowest BCUT2D eigenvalue weighted by molar-refractivity contribution is -0.119. The summed E-state index contributed by atoms with van der Waals surface area (Å²) in [5.74, 6) is 0.251. The Balaban J connectivity index is 1.78. The van der Waals surface area contributed by atoms with Gasteiger partial charge in [-0.2, -0.15) is 0 Å². The highest BCUT2D eigenvalue weighted by atomic mass is 32.2. The van der Waals surface area contributed by atoms with E-state index in [1.54, 1.807) is 50.4 Å². The Morgan fingerprint density at radius 2 is 1.67 bits per heavy atom. The predicted molar refractivity (Wildman–Crippen MR) is 131 cm³/mol. The number of carbonyl (C=O) groups is 1. The normalized spacial score (nSPS) is 11.1. The molecule has 0 spiro atoms. The van der Waals surface area contributed by atoms with E-state index in [1.807, 2.05) is 43.3 Å². The summed E-state index contributed by atoms with van der Waals surface area (Å²) in [4.78, 5) is 12.9. The molecule has 1 amide bonds. The van der Waals surface area contributed by atoms with Gasteiger partial charge in [0, 0.05) is 6.54 Å². The van der Waals surface area contributed by atoms with Crippen molar-refractivity contribution in [2.45, 2.75) is 31.6 Å². The fraction of sp³-hybridized carbons (Fsp3) is 0.269. The Kier molecular flexibility index (Phi) is 8.11. The van der Waals surface area contributed by atoms with E-state index in [1.165, 1.54) is 5.56 Å². The van der Waals surface area contributed by atoms with Crippen molar-refractivity contribution in [3.8, 4) is 5.75 Å². The second-order valence-corrected chi connectivity index (χ2v) is 9.75. The zero-order valence-corrected chi connectivity index (χ0v) is 20.1. The van der Waals surface area contributed by atoms with Crippen molar-refractivity contribution in [1.82, 2.24) is 5.32 Å². The Bertz CT molecular complexity index is 1180. The maximum Gasteiger partial charge on any atom is 0.265 e. The summed E-state index contributed by atoms with van der Waals surface area (Å²) < 4.78 is 33.6. The maximum absolute atomic E-state index is 13.6. The fourth-order valence-corrected chi connectivity index (χ4v) is 5.25. The molecule has 0 aliphatic heterocycles. The van der Waals surface area contributed by atoms with Crippen LogP contribution in [0.3, 0.4) is 0 Å². The van der Waals surface area contributed by atoms with Crippen LogP contribution in [0.5, 0.6) is 5.75 Å². The number of methoxy groups -OCH3 is 1. The highest BCUT2D eigenvalue weighted by molar-refractivity contribution is 7.93. The number of carbonyl (C=O) groups excluding carboxylic acids is 1. The van der Waals surface area contributed by atoms with Crippen LogP contribution in [0.1, 0.15) is 23.1 Å². The zero-order valence-electron chi connectivity index (χ0n) is 19.2. The van der Waals surface area contributed by atoms with Gasteiger partial charge < -0.3 is 10.1 Å². The largest absolute Gasteiger partial charge is 0.497 e. The Labute approximate surface area is 196 Å². The van der Waals surface area contributed by atoms with E-state index in [9.17, 15) is 13.2 Å². The van der Waals surface area contributed by atoms with Crippen molar-refractivity contribution in [3.05, 3.63) is 89.5 Å². The first-order chi connectivity index (χ1) is 15.8. The van der Waals surface area contributed by atoms with Gasteiger partial charge in [-0.15, -0.1) is 0 Å². The molecule has 0 radical (unpaired) electrons. The van der Waals surface area contributed by atoms with E-state index in [2.05, 4.69) is 5.32 Å². The summed E-state index contributed by atoms with van der Waals surface area (Å²) in [7, 11) is -2.42. The topological polar surface area (TPSA) is 75.7 Å². The van der Waals surface area contributed by atoms with Gasteiger partial charge in [0.25, 0.3) is 10.0 Å². The Morgan fingerprint density at radius 1 is 0.970 bits per heavy atom. The van der Waals surface area contributed by atoms with Crippen LogP contribution in [0.2, 0.25) is 0 Å². The molecule has 0 aromatic heterocycles. The first-order valence-electron chi connectivity index (χ1n) is 10.9. The third-order valence-corrected chi connectivity index (χ3v) is 7.28. The van der Waals surface area contributed by atoms with Gasteiger partial charge in [0.1, 0.15) is 12.3 Å². The van der Waals surface area contributed by atoms with E-state index in [-0.39, 0.29) is 17.3 Å². The molecule has 1 N–H and O–H groups in total. The number of rotatable bonds is 10. The van der Waals surface area contributed by atoms with Crippen LogP contribution in [0.4, 0.5) is 5.69 Å². The van der Waals surface area contributed by atoms with Gasteiger partial charge in [-0.1, -0.05) is 42.5 Å². The van der Waals surface area contributed by atoms with Gasteiger partial charge >= 0.3 is 0 Å². The number of benzene rings is 3. The minimum atomic E-state index is -3.96. The molecule has 0 saturated heterocycles. The molecule has 174 valence electrons. The van der Waals surface area contributed by atoms with E-state index in [4.69, 9.17) is 4.74 Å². The van der Waals surface area contributed by atoms with Gasteiger partial charge in [-0.05, 0) is 73.7 Å².